The van der Waals surface area contributed by atoms with Crippen LogP contribution < -0.4 is 5.32 Å². The fourth-order valence-corrected chi connectivity index (χ4v) is 2.55. The van der Waals surface area contributed by atoms with E-state index in [-0.39, 0.29) is 19.1 Å². The van der Waals surface area contributed by atoms with E-state index in [4.69, 9.17) is 9.47 Å². The Labute approximate surface area is 135 Å². The van der Waals surface area contributed by atoms with E-state index in [2.05, 4.69) is 5.32 Å². The van der Waals surface area contributed by atoms with Crippen molar-refractivity contribution >= 4 is 11.9 Å². The number of hydrogen-bond acceptors (Lipinski definition) is 4. The fourth-order valence-electron chi connectivity index (χ4n) is 2.55. The molecule has 0 saturated carbocycles. The zero-order chi connectivity index (χ0) is 16.5. The van der Waals surface area contributed by atoms with E-state index < -0.39 is 11.4 Å². The van der Waals surface area contributed by atoms with E-state index in [0.717, 1.165) is 12.0 Å². The summed E-state index contributed by atoms with van der Waals surface area (Å²) < 4.78 is 10.6. The van der Waals surface area contributed by atoms with Gasteiger partial charge in [-0.2, -0.15) is 0 Å². The second-order valence-corrected chi connectivity index (χ2v) is 5.76. The maximum absolute atomic E-state index is 11.8. The van der Waals surface area contributed by atoms with Gasteiger partial charge in [0.15, 0.2) is 0 Å². The zero-order valence-corrected chi connectivity index (χ0v) is 13.1. The highest BCUT2D eigenvalue weighted by Gasteiger charge is 2.40. The fraction of sp³-hybridized carbons (Fsp3) is 0.529. The predicted molar refractivity (Wildman–Crippen MR) is 84.1 cm³/mol. The van der Waals surface area contributed by atoms with Crippen LogP contribution in [0.5, 0.6) is 0 Å². The molecule has 2 N–H and O–H groups in total. The van der Waals surface area contributed by atoms with Crippen molar-refractivity contribution in [2.75, 3.05) is 33.0 Å². The minimum absolute atomic E-state index is 0.0565. The van der Waals surface area contributed by atoms with Crippen LogP contribution in [0, 0.1) is 5.41 Å². The molecule has 6 nitrogen and oxygen atoms in total. The topological polar surface area (TPSA) is 84.9 Å². The Balaban J connectivity index is 1.67. The summed E-state index contributed by atoms with van der Waals surface area (Å²) in [4.78, 5) is 23.3. The number of carbonyl (C=O) groups excluding carboxylic acids is 1. The quantitative estimate of drug-likeness (QED) is 0.704. The van der Waals surface area contributed by atoms with Gasteiger partial charge in [-0.25, -0.2) is 0 Å². The third kappa shape index (κ3) is 5.33. The zero-order valence-electron chi connectivity index (χ0n) is 13.1. The Kier molecular flexibility index (Phi) is 6.55. The average molecular weight is 321 g/mol. The van der Waals surface area contributed by atoms with Crippen LogP contribution in [-0.2, 0) is 25.5 Å². The number of hydrogen-bond donors (Lipinski definition) is 2. The standard InChI is InChI=1S/C17H23NO5/c19-15(12-23-9-6-14-4-2-1-3-5-14)18-13-17(16(20)21)7-10-22-11-8-17/h1-5H,6-13H2,(H,18,19)(H,20,21). The van der Waals surface area contributed by atoms with Gasteiger partial charge in [-0.3, -0.25) is 9.59 Å². The number of aliphatic carboxylic acids is 1. The van der Waals surface area contributed by atoms with Crippen molar-refractivity contribution in [1.82, 2.24) is 5.32 Å². The van der Waals surface area contributed by atoms with Crippen LogP contribution >= 0.6 is 0 Å². The van der Waals surface area contributed by atoms with Gasteiger partial charge in [0.05, 0.1) is 12.0 Å². The molecule has 1 aliphatic rings. The second kappa shape index (κ2) is 8.64. The van der Waals surface area contributed by atoms with Gasteiger partial charge < -0.3 is 19.9 Å². The summed E-state index contributed by atoms with van der Waals surface area (Å²) in [6, 6.07) is 9.88. The van der Waals surface area contributed by atoms with Crippen molar-refractivity contribution in [3.05, 3.63) is 35.9 Å². The molecule has 1 heterocycles. The van der Waals surface area contributed by atoms with Crippen molar-refractivity contribution in [2.45, 2.75) is 19.3 Å². The summed E-state index contributed by atoms with van der Waals surface area (Å²) in [7, 11) is 0. The maximum atomic E-state index is 11.8. The molecule has 126 valence electrons. The van der Waals surface area contributed by atoms with Crippen LogP contribution in [-0.4, -0.2) is 50.0 Å². The molecule has 0 bridgehead atoms. The number of carbonyl (C=O) groups is 2. The Morgan fingerprint density at radius 1 is 1.22 bits per heavy atom. The van der Waals surface area contributed by atoms with Gasteiger partial charge >= 0.3 is 5.97 Å². The van der Waals surface area contributed by atoms with Crippen molar-refractivity contribution in [2.24, 2.45) is 5.41 Å². The molecule has 23 heavy (non-hydrogen) atoms. The molecule has 6 heteroatoms. The molecule has 0 unspecified atom stereocenters. The molecule has 1 fully saturated rings. The summed E-state index contributed by atoms with van der Waals surface area (Å²) in [5.74, 6) is -1.17. The summed E-state index contributed by atoms with van der Waals surface area (Å²) in [5.41, 5.74) is 0.234. The van der Waals surface area contributed by atoms with Crippen LogP contribution in [0.4, 0.5) is 0 Å². The molecule has 1 amide bonds. The van der Waals surface area contributed by atoms with Crippen molar-refractivity contribution < 1.29 is 24.2 Å². The SMILES string of the molecule is O=C(COCCc1ccccc1)NCC1(C(=O)O)CCOCC1. The van der Waals surface area contributed by atoms with E-state index >= 15 is 0 Å². The Morgan fingerprint density at radius 2 is 1.91 bits per heavy atom. The number of rotatable bonds is 8. The first kappa shape index (κ1) is 17.4. The third-order valence-corrected chi connectivity index (χ3v) is 4.14. The second-order valence-electron chi connectivity index (χ2n) is 5.76. The number of amides is 1. The Morgan fingerprint density at radius 3 is 2.57 bits per heavy atom. The minimum atomic E-state index is -0.919. The molecular formula is C17H23NO5. The molecular weight excluding hydrogens is 298 g/mol. The van der Waals surface area contributed by atoms with Crippen LogP contribution in [0.3, 0.4) is 0 Å². The van der Waals surface area contributed by atoms with Gasteiger partial charge in [0, 0.05) is 19.8 Å². The Bertz CT molecular complexity index is 511. The highest BCUT2D eigenvalue weighted by molar-refractivity contribution is 5.79. The van der Waals surface area contributed by atoms with Crippen LogP contribution in [0.1, 0.15) is 18.4 Å². The van der Waals surface area contributed by atoms with Gasteiger partial charge in [-0.15, -0.1) is 0 Å². The van der Waals surface area contributed by atoms with E-state index in [0.29, 0.717) is 32.7 Å². The van der Waals surface area contributed by atoms with Crippen LogP contribution in [0.15, 0.2) is 30.3 Å². The lowest BCUT2D eigenvalue weighted by atomic mass is 9.80. The maximum Gasteiger partial charge on any atom is 0.311 e. The highest BCUT2D eigenvalue weighted by atomic mass is 16.5. The van der Waals surface area contributed by atoms with Gasteiger partial charge in [-0.05, 0) is 24.8 Å². The lowest BCUT2D eigenvalue weighted by molar-refractivity contribution is -0.154. The molecule has 2 rings (SSSR count). The third-order valence-electron chi connectivity index (χ3n) is 4.14. The van der Waals surface area contributed by atoms with E-state index in [9.17, 15) is 14.7 Å². The number of nitrogens with one attached hydrogen (secondary N) is 1. The van der Waals surface area contributed by atoms with Gasteiger partial charge in [0.2, 0.25) is 5.91 Å². The van der Waals surface area contributed by atoms with Crippen LogP contribution in [0.25, 0.3) is 0 Å². The molecule has 0 aromatic heterocycles. The number of benzene rings is 1. The Hall–Kier alpha value is -1.92. The molecule has 0 atom stereocenters. The lowest BCUT2D eigenvalue weighted by Gasteiger charge is -2.33. The first-order valence-electron chi connectivity index (χ1n) is 7.82. The van der Waals surface area contributed by atoms with Crippen molar-refractivity contribution in [1.29, 1.82) is 0 Å². The number of carboxylic acid groups (broad SMARTS) is 1. The smallest absolute Gasteiger partial charge is 0.311 e. The van der Waals surface area contributed by atoms with E-state index in [1.165, 1.54) is 0 Å². The van der Waals surface area contributed by atoms with Gasteiger partial charge in [-0.1, -0.05) is 30.3 Å². The molecule has 0 aliphatic carbocycles. The summed E-state index contributed by atoms with van der Waals surface area (Å²) >= 11 is 0. The van der Waals surface area contributed by atoms with Gasteiger partial charge in [0.25, 0.3) is 0 Å². The molecule has 1 aliphatic heterocycles. The molecule has 0 radical (unpaired) electrons. The van der Waals surface area contributed by atoms with Gasteiger partial charge in [0.1, 0.15) is 6.61 Å². The summed E-state index contributed by atoms with van der Waals surface area (Å²) in [6.45, 7) is 1.34. The molecule has 1 aromatic carbocycles. The number of carboxylic acids is 1. The van der Waals surface area contributed by atoms with Crippen LogP contribution in [0.2, 0.25) is 0 Å². The summed E-state index contributed by atoms with van der Waals surface area (Å²) in [5, 5.41) is 12.1. The first-order chi connectivity index (χ1) is 11.1. The average Bonchev–Trinajstić information content (AvgIpc) is 2.58. The van der Waals surface area contributed by atoms with Crippen molar-refractivity contribution in [3.8, 4) is 0 Å². The largest absolute Gasteiger partial charge is 0.481 e. The first-order valence-corrected chi connectivity index (χ1v) is 7.82. The van der Waals surface area contributed by atoms with Crippen molar-refractivity contribution in [3.63, 3.8) is 0 Å². The number of ether oxygens (including phenoxy) is 2. The molecule has 1 saturated heterocycles. The highest BCUT2D eigenvalue weighted by Crippen LogP contribution is 2.29. The lowest BCUT2D eigenvalue weighted by Crippen LogP contribution is -2.47. The minimum Gasteiger partial charge on any atom is -0.481 e. The van der Waals surface area contributed by atoms with E-state index in [1.807, 2.05) is 30.3 Å². The summed E-state index contributed by atoms with van der Waals surface area (Å²) in [6.07, 6.45) is 1.57. The normalized spacial score (nSPS) is 16.7. The van der Waals surface area contributed by atoms with E-state index in [1.54, 1.807) is 0 Å². The molecule has 1 aromatic rings. The predicted octanol–water partition coefficient (Wildman–Crippen LogP) is 1.24. The monoisotopic (exact) mass is 321 g/mol. The molecule has 0 spiro atoms.